The van der Waals surface area contributed by atoms with Crippen LogP contribution in [0, 0.1) is 5.92 Å². The third-order valence-electron chi connectivity index (χ3n) is 7.33. The van der Waals surface area contributed by atoms with Gasteiger partial charge in [0.2, 0.25) is 0 Å². The number of esters is 1. The second-order valence-electron chi connectivity index (χ2n) is 10.1. The van der Waals surface area contributed by atoms with E-state index in [2.05, 4.69) is 5.16 Å². The van der Waals surface area contributed by atoms with Crippen LogP contribution in [0.25, 0.3) is 21.5 Å². The van der Waals surface area contributed by atoms with Crippen LogP contribution in [0.15, 0.2) is 40.9 Å². The summed E-state index contributed by atoms with van der Waals surface area (Å²) < 4.78 is 18.4. The Morgan fingerprint density at radius 3 is 2.71 bits per heavy atom. The van der Waals surface area contributed by atoms with Crippen LogP contribution >= 0.6 is 34.5 Å². The van der Waals surface area contributed by atoms with Gasteiger partial charge in [0.15, 0.2) is 0 Å². The van der Waals surface area contributed by atoms with Crippen LogP contribution in [-0.4, -0.2) is 28.8 Å². The van der Waals surface area contributed by atoms with Gasteiger partial charge in [0, 0.05) is 23.5 Å². The number of nitrogens with zero attached hydrogens (tertiary/aromatic N) is 2. The summed E-state index contributed by atoms with van der Waals surface area (Å²) in [5.41, 5.74) is 3.86. The van der Waals surface area contributed by atoms with Crippen molar-refractivity contribution in [1.29, 1.82) is 0 Å². The number of aromatic nitrogens is 2. The molecule has 2 atom stereocenters. The Bertz CT molecular complexity index is 1460. The summed E-state index contributed by atoms with van der Waals surface area (Å²) in [4.78, 5) is 16.9. The molecule has 2 aromatic heterocycles. The molecule has 0 aliphatic heterocycles. The van der Waals surface area contributed by atoms with Gasteiger partial charge in [-0.25, -0.2) is 9.78 Å². The van der Waals surface area contributed by atoms with E-state index in [-0.39, 0.29) is 12.1 Å². The summed E-state index contributed by atoms with van der Waals surface area (Å²) in [7, 11) is 0. The largest absolute Gasteiger partial charge is 0.462 e. The number of rotatable bonds is 9. The van der Waals surface area contributed by atoms with E-state index in [1.807, 2.05) is 37.3 Å². The second kappa shape index (κ2) is 11.0. The highest BCUT2D eigenvalue weighted by atomic mass is 35.5. The summed E-state index contributed by atoms with van der Waals surface area (Å²) in [6.07, 6.45) is 6.37. The molecule has 2 fully saturated rings. The van der Waals surface area contributed by atoms with Crippen molar-refractivity contribution >= 4 is 50.7 Å². The Hall–Kier alpha value is -2.45. The maximum absolute atomic E-state index is 12.1. The van der Waals surface area contributed by atoms with Gasteiger partial charge in [-0.05, 0) is 75.3 Å². The normalized spacial score (nSPS) is 19.3. The molecule has 2 heterocycles. The highest BCUT2D eigenvalue weighted by Crippen LogP contribution is 2.46. The van der Waals surface area contributed by atoms with Crippen molar-refractivity contribution in [3.63, 3.8) is 0 Å². The van der Waals surface area contributed by atoms with E-state index in [9.17, 15) is 4.79 Å². The lowest BCUT2D eigenvalue weighted by atomic mass is 10.0. The first-order valence-corrected chi connectivity index (χ1v) is 14.7. The number of carbonyl (C=O) groups excluding carboxylic acids is 1. The van der Waals surface area contributed by atoms with Crippen LogP contribution in [0.2, 0.25) is 10.0 Å². The van der Waals surface area contributed by atoms with E-state index >= 15 is 0 Å². The number of carbonyl (C=O) groups is 1. The Morgan fingerprint density at radius 1 is 1.13 bits per heavy atom. The molecule has 6 nitrogen and oxygen atoms in total. The molecular formula is C29H28Cl2N2O4S. The topological polar surface area (TPSA) is 74.5 Å². The van der Waals surface area contributed by atoms with Gasteiger partial charge in [-0.3, -0.25) is 0 Å². The van der Waals surface area contributed by atoms with E-state index in [1.165, 1.54) is 0 Å². The zero-order valence-electron chi connectivity index (χ0n) is 21.0. The third-order valence-corrected chi connectivity index (χ3v) is 9.00. The molecule has 1 unspecified atom stereocenters. The minimum absolute atomic E-state index is 0.168. The lowest BCUT2D eigenvalue weighted by Crippen LogP contribution is -2.10. The summed E-state index contributed by atoms with van der Waals surface area (Å²) in [6, 6.07) is 11.0. The molecule has 4 aromatic rings. The number of fused-ring (bicyclic) bond motifs is 1. The summed E-state index contributed by atoms with van der Waals surface area (Å²) in [6.45, 7) is 2.61. The summed E-state index contributed by atoms with van der Waals surface area (Å²) >= 11 is 14.6. The first-order chi connectivity index (χ1) is 18.5. The van der Waals surface area contributed by atoms with Crippen molar-refractivity contribution in [3.05, 3.63) is 68.3 Å². The van der Waals surface area contributed by atoms with E-state index in [0.717, 1.165) is 65.1 Å². The minimum atomic E-state index is -0.294. The predicted molar refractivity (Wildman–Crippen MR) is 149 cm³/mol. The van der Waals surface area contributed by atoms with Crippen LogP contribution in [0.1, 0.15) is 71.6 Å². The van der Waals surface area contributed by atoms with Gasteiger partial charge in [-0.2, -0.15) is 0 Å². The first kappa shape index (κ1) is 25.8. The minimum Gasteiger partial charge on any atom is -0.462 e. The fraction of sp³-hybridized carbons (Fsp3) is 0.414. The van der Waals surface area contributed by atoms with Gasteiger partial charge in [0.1, 0.15) is 11.5 Å². The quantitative estimate of drug-likeness (QED) is 0.188. The first-order valence-electron chi connectivity index (χ1n) is 13.1. The van der Waals surface area contributed by atoms with Gasteiger partial charge in [0.05, 0.1) is 50.2 Å². The van der Waals surface area contributed by atoms with Crippen molar-refractivity contribution in [3.8, 4) is 11.3 Å². The van der Waals surface area contributed by atoms with E-state index in [4.69, 9.17) is 42.2 Å². The van der Waals surface area contributed by atoms with Gasteiger partial charge < -0.3 is 14.0 Å². The average Bonchev–Trinajstić information content (AvgIpc) is 3.30. The molecule has 0 amide bonds. The van der Waals surface area contributed by atoms with E-state index in [0.29, 0.717) is 51.9 Å². The summed E-state index contributed by atoms with van der Waals surface area (Å²) in [5, 5.41) is 6.58. The van der Waals surface area contributed by atoms with Crippen molar-refractivity contribution < 1.29 is 18.8 Å². The van der Waals surface area contributed by atoms with Gasteiger partial charge in [-0.15, -0.1) is 11.3 Å². The molecule has 2 aromatic carbocycles. The molecule has 9 heteroatoms. The number of ether oxygens (including phenoxy) is 2. The van der Waals surface area contributed by atoms with Gasteiger partial charge >= 0.3 is 5.97 Å². The molecule has 0 radical (unpaired) electrons. The maximum atomic E-state index is 12.1. The number of halogens is 2. The molecule has 0 bridgehead atoms. The molecule has 2 aliphatic carbocycles. The second-order valence-corrected chi connectivity index (χ2v) is 12.0. The standard InChI is InChI=1S/C29H28Cl2N2O4S/c1-2-35-29(34)18-9-11-23-24(14-18)38-25(32-23)13-16-6-10-19(12-16)36-15-20-27(33-37-28(20)17-7-8-17)26-21(30)4-3-5-22(26)31/h3-5,9,11,14,16-17,19H,2,6-8,10,12-13,15H2,1H3/t16-,19?/m1/s1. The zero-order chi connectivity index (χ0) is 26.2. The number of benzene rings is 2. The van der Waals surface area contributed by atoms with Crippen LogP contribution in [0.4, 0.5) is 0 Å². The van der Waals surface area contributed by atoms with Crippen LogP contribution in [0.5, 0.6) is 0 Å². The smallest absolute Gasteiger partial charge is 0.338 e. The zero-order valence-corrected chi connectivity index (χ0v) is 23.4. The Balaban J connectivity index is 1.12. The third kappa shape index (κ3) is 5.34. The van der Waals surface area contributed by atoms with Crippen LogP contribution in [-0.2, 0) is 22.5 Å². The molecule has 198 valence electrons. The highest BCUT2D eigenvalue weighted by Gasteiger charge is 2.34. The van der Waals surface area contributed by atoms with Gasteiger partial charge in [0.25, 0.3) is 0 Å². The lowest BCUT2D eigenvalue weighted by molar-refractivity contribution is 0.0424. The van der Waals surface area contributed by atoms with Crippen molar-refractivity contribution in [2.75, 3.05) is 6.61 Å². The van der Waals surface area contributed by atoms with Gasteiger partial charge in [-0.1, -0.05) is 34.4 Å². The van der Waals surface area contributed by atoms with Crippen LogP contribution in [0.3, 0.4) is 0 Å². The Kier molecular flexibility index (Phi) is 7.45. The SMILES string of the molecule is CCOC(=O)c1ccc2nc(C[C@@H]3CCC(OCc4c(-c5c(Cl)cccc5Cl)noc4C4CC4)C3)sc2c1. The number of thiazole rings is 1. The Morgan fingerprint density at radius 2 is 1.95 bits per heavy atom. The average molecular weight is 572 g/mol. The molecule has 0 spiro atoms. The molecular weight excluding hydrogens is 543 g/mol. The van der Waals surface area contributed by atoms with E-state index in [1.54, 1.807) is 17.4 Å². The lowest BCUT2D eigenvalue weighted by Gasteiger charge is -2.13. The van der Waals surface area contributed by atoms with Crippen LogP contribution < -0.4 is 0 Å². The monoisotopic (exact) mass is 570 g/mol. The molecule has 0 saturated heterocycles. The van der Waals surface area contributed by atoms with Crippen molar-refractivity contribution in [2.24, 2.45) is 5.92 Å². The summed E-state index contributed by atoms with van der Waals surface area (Å²) in [5.74, 6) is 1.52. The molecule has 2 saturated carbocycles. The predicted octanol–water partition coefficient (Wildman–Crippen LogP) is 8.24. The fourth-order valence-corrected chi connectivity index (χ4v) is 6.96. The molecule has 2 aliphatic rings. The Labute approximate surface area is 235 Å². The molecule has 38 heavy (non-hydrogen) atoms. The van der Waals surface area contributed by atoms with Crippen molar-refractivity contribution in [2.45, 2.75) is 64.1 Å². The fourth-order valence-electron chi connectivity index (χ4n) is 5.26. The number of hydrogen-bond acceptors (Lipinski definition) is 7. The van der Waals surface area contributed by atoms with Crippen molar-refractivity contribution in [1.82, 2.24) is 10.1 Å². The van der Waals surface area contributed by atoms with E-state index < -0.39 is 0 Å². The molecule has 6 rings (SSSR count). The molecule has 0 N–H and O–H groups in total. The number of hydrogen-bond donors (Lipinski definition) is 0. The maximum Gasteiger partial charge on any atom is 0.338 e. The highest BCUT2D eigenvalue weighted by molar-refractivity contribution is 7.18.